The normalized spacial score (nSPS) is 36.9. The van der Waals surface area contributed by atoms with Crippen LogP contribution in [-0.2, 0) is 30.3 Å². The van der Waals surface area contributed by atoms with E-state index >= 15 is 0 Å². The van der Waals surface area contributed by atoms with Gasteiger partial charge in [-0.15, -0.1) is 0 Å². The van der Waals surface area contributed by atoms with Crippen LogP contribution in [0.4, 0.5) is 0 Å². The van der Waals surface area contributed by atoms with Crippen molar-refractivity contribution in [3.8, 4) is 0 Å². The number of sulfonamides is 2. The van der Waals surface area contributed by atoms with Crippen molar-refractivity contribution in [3.05, 3.63) is 72.9 Å². The van der Waals surface area contributed by atoms with Gasteiger partial charge in [0.05, 0.1) is 0 Å². The molecule has 9 rings (SSSR count). The molecule has 0 N–H and O–H groups in total. The summed E-state index contributed by atoms with van der Waals surface area (Å²) in [5.74, 6) is -0.616. The molecule has 0 aromatic rings. The van der Waals surface area contributed by atoms with Gasteiger partial charge in [0.25, 0.3) is 10.2 Å². The predicted octanol–water partition coefficient (Wildman–Crippen LogP) is 0.00940. The molecular formula is C26H40N6O6S3. The van der Waals surface area contributed by atoms with E-state index < -0.39 is 30.3 Å². The van der Waals surface area contributed by atoms with Gasteiger partial charge in [0, 0.05) is 78.5 Å². The highest BCUT2D eigenvalue weighted by molar-refractivity contribution is 7.89. The van der Waals surface area contributed by atoms with Crippen LogP contribution in [0.2, 0.25) is 0 Å². The second-order valence-corrected chi connectivity index (χ2v) is 17.3. The van der Waals surface area contributed by atoms with Gasteiger partial charge in [-0.05, 0) is 33.4 Å². The first-order valence-electron chi connectivity index (χ1n) is 13.1. The van der Waals surface area contributed by atoms with Crippen LogP contribution in [0.3, 0.4) is 0 Å². The van der Waals surface area contributed by atoms with Crippen molar-refractivity contribution in [2.45, 2.75) is 0 Å². The van der Waals surface area contributed by atoms with Crippen LogP contribution in [0.1, 0.15) is 0 Å². The number of hydrogen-bond donors (Lipinski definition) is 0. The van der Waals surface area contributed by atoms with Gasteiger partial charge in [-0.25, -0.2) is 16.8 Å². The average Bonchev–Trinajstić information content (AvgIpc) is 2.77. The fraction of sp³-hybridized carbons (Fsp3) is 0.538. The molecule has 9 heterocycles. The molecule has 9 aliphatic heterocycles. The molecule has 12 nitrogen and oxygen atoms in total. The maximum absolute atomic E-state index is 13.8. The van der Waals surface area contributed by atoms with Gasteiger partial charge in [0.1, 0.15) is 11.8 Å². The lowest BCUT2D eigenvalue weighted by atomic mass is 10.2. The van der Waals surface area contributed by atoms with E-state index in [2.05, 4.69) is 39.5 Å². The van der Waals surface area contributed by atoms with E-state index in [1.165, 1.54) is 17.2 Å². The largest absolute Gasteiger partial charge is 0.283 e. The molecule has 228 valence electrons. The van der Waals surface area contributed by atoms with Crippen LogP contribution in [-0.4, -0.2) is 143 Å². The molecule has 9 fully saturated rings. The Morgan fingerprint density at radius 2 is 0.585 bits per heavy atom. The highest BCUT2D eigenvalue weighted by Crippen LogP contribution is 2.24. The summed E-state index contributed by atoms with van der Waals surface area (Å²) in [6.45, 7) is 24.6. The summed E-state index contributed by atoms with van der Waals surface area (Å²) in [5.41, 5.74) is 3.01. The summed E-state index contributed by atoms with van der Waals surface area (Å²) in [6, 6.07) is 0. The molecule has 0 atom stereocenters. The minimum Gasteiger partial charge on any atom is -0.281 e. The van der Waals surface area contributed by atoms with E-state index in [1.54, 1.807) is 9.80 Å². The summed E-state index contributed by atoms with van der Waals surface area (Å²) in [4.78, 5) is 3.45. The molecule has 6 bridgehead atoms. The molecule has 0 aromatic heterocycles. The number of rotatable bonds is 0. The second kappa shape index (κ2) is 12.0. The van der Waals surface area contributed by atoms with Crippen molar-refractivity contribution in [3.63, 3.8) is 0 Å². The lowest BCUT2D eigenvalue weighted by Gasteiger charge is -2.38. The Bertz CT molecular complexity index is 1340. The van der Waals surface area contributed by atoms with Gasteiger partial charge in [-0.1, -0.05) is 39.5 Å². The third-order valence-corrected chi connectivity index (χ3v) is 12.4. The Morgan fingerprint density at radius 1 is 0.366 bits per heavy atom. The van der Waals surface area contributed by atoms with E-state index in [-0.39, 0.29) is 90.3 Å². The maximum Gasteiger partial charge on any atom is 0.283 e. The Labute approximate surface area is 245 Å². The van der Waals surface area contributed by atoms with Crippen molar-refractivity contribution in [1.82, 2.24) is 27.0 Å². The smallest absolute Gasteiger partial charge is 0.281 e. The lowest BCUT2D eigenvalue weighted by Crippen LogP contribution is -2.53. The fourth-order valence-electron chi connectivity index (χ4n) is 5.59. The van der Waals surface area contributed by atoms with Crippen molar-refractivity contribution in [2.75, 3.05) is 90.3 Å². The standard InChI is InChI=1S/C26H40N6O6S3/c1-21-7-27-9-22(2)10-28(8-21)20-40(35,36)30-13-25(5)17-32(18-26(6)14-30)41(37,38)31-15-23(3)11-29(12-24(4)16-31)39(33,34)19-27/h1-20H2. The topological polar surface area (TPSA) is 122 Å². The number of hydrogen-bond acceptors (Lipinski definition) is 8. The zero-order valence-corrected chi connectivity index (χ0v) is 25.9. The van der Waals surface area contributed by atoms with Gasteiger partial charge in [0.15, 0.2) is 0 Å². The van der Waals surface area contributed by atoms with Gasteiger partial charge in [-0.2, -0.15) is 25.6 Å². The monoisotopic (exact) mass is 628 g/mol. The van der Waals surface area contributed by atoms with Crippen LogP contribution < -0.4 is 0 Å². The SMILES string of the molecule is C=C1CN2CC(=C)CN(C1)CS(=O)(=O)N1CC(=C)CN(CC(=C)C1)S(=O)(=O)N1CC(=C)CN(CC(=C)C1)S(=O)(=O)C2. The van der Waals surface area contributed by atoms with Gasteiger partial charge >= 0.3 is 0 Å². The van der Waals surface area contributed by atoms with Crippen molar-refractivity contribution < 1.29 is 25.3 Å². The van der Waals surface area contributed by atoms with E-state index in [4.69, 9.17) is 0 Å². The maximum atomic E-state index is 13.8. The van der Waals surface area contributed by atoms with Crippen LogP contribution in [0.15, 0.2) is 72.9 Å². The minimum absolute atomic E-state index is 0.0525. The summed E-state index contributed by atoms with van der Waals surface area (Å²) >= 11 is 0. The molecule has 41 heavy (non-hydrogen) atoms. The quantitative estimate of drug-likeness (QED) is 0.344. The Balaban J connectivity index is 1.78. The van der Waals surface area contributed by atoms with E-state index in [0.717, 1.165) is 0 Å². The fourth-order valence-corrected chi connectivity index (χ4v) is 10.4. The highest BCUT2D eigenvalue weighted by Gasteiger charge is 2.38. The van der Waals surface area contributed by atoms with E-state index in [0.29, 0.717) is 33.4 Å². The van der Waals surface area contributed by atoms with Crippen LogP contribution in [0, 0.1) is 0 Å². The second-order valence-electron chi connectivity index (χ2n) is 11.5. The van der Waals surface area contributed by atoms with Gasteiger partial charge in [0.2, 0.25) is 20.0 Å². The van der Waals surface area contributed by atoms with Crippen LogP contribution in [0.5, 0.6) is 0 Å². The first-order chi connectivity index (χ1) is 18.9. The summed E-state index contributed by atoms with van der Waals surface area (Å²) in [6.07, 6.45) is 0. The average molecular weight is 629 g/mol. The van der Waals surface area contributed by atoms with Crippen molar-refractivity contribution >= 4 is 30.3 Å². The summed E-state index contributed by atoms with van der Waals surface area (Å²) < 4.78 is 87.1. The van der Waals surface area contributed by atoms with E-state index in [9.17, 15) is 25.3 Å². The van der Waals surface area contributed by atoms with Gasteiger partial charge in [-0.3, -0.25) is 9.80 Å². The molecule has 15 heteroatoms. The van der Waals surface area contributed by atoms with Crippen LogP contribution in [0.25, 0.3) is 0 Å². The lowest BCUT2D eigenvalue weighted by molar-refractivity contribution is 0.280. The molecular weight excluding hydrogens is 589 g/mol. The molecule has 0 aliphatic carbocycles. The molecule has 0 aromatic carbocycles. The summed E-state index contributed by atoms with van der Waals surface area (Å²) in [7, 11) is -11.8. The molecule has 0 spiro atoms. The third kappa shape index (κ3) is 7.72. The zero-order chi connectivity index (χ0) is 30.3. The van der Waals surface area contributed by atoms with Crippen molar-refractivity contribution in [2.24, 2.45) is 0 Å². The molecule has 9 saturated heterocycles. The van der Waals surface area contributed by atoms with Crippen LogP contribution >= 0.6 is 0 Å². The molecule has 9 aliphatic rings. The number of nitrogens with zero attached hydrogens (tertiary/aromatic N) is 6. The Hall–Kier alpha value is -1.95. The minimum atomic E-state index is -4.09. The summed E-state index contributed by atoms with van der Waals surface area (Å²) in [5, 5.41) is 0. The molecule has 0 unspecified atom stereocenters. The van der Waals surface area contributed by atoms with Gasteiger partial charge < -0.3 is 0 Å². The zero-order valence-electron chi connectivity index (χ0n) is 23.5. The molecule has 0 amide bonds. The molecule has 0 radical (unpaired) electrons. The first-order valence-corrected chi connectivity index (χ1v) is 17.7. The van der Waals surface area contributed by atoms with Crippen molar-refractivity contribution in [1.29, 1.82) is 0 Å². The highest BCUT2D eigenvalue weighted by atomic mass is 32.2. The Kier molecular flexibility index (Phi) is 9.34. The Morgan fingerprint density at radius 3 is 0.854 bits per heavy atom. The molecule has 0 saturated carbocycles. The first kappa shape index (κ1) is 32.0. The predicted molar refractivity (Wildman–Crippen MR) is 161 cm³/mol. The van der Waals surface area contributed by atoms with E-state index in [1.807, 2.05) is 0 Å². The third-order valence-electron chi connectivity index (χ3n) is 7.12.